The summed E-state index contributed by atoms with van der Waals surface area (Å²) in [6.45, 7) is 1.64. The summed E-state index contributed by atoms with van der Waals surface area (Å²) in [6.07, 6.45) is 3.57. The number of aromatic amines is 1. The molecule has 1 amide bonds. The van der Waals surface area contributed by atoms with Crippen LogP contribution in [-0.2, 0) is 0 Å². The second-order valence-electron chi connectivity index (χ2n) is 6.62. The second kappa shape index (κ2) is 7.80. The number of H-pyrrole nitrogens is 1. The van der Waals surface area contributed by atoms with Crippen molar-refractivity contribution >= 4 is 23.3 Å². The fourth-order valence-electron chi connectivity index (χ4n) is 3.31. The number of hydrogen-bond donors (Lipinski definition) is 2. The van der Waals surface area contributed by atoms with Gasteiger partial charge in [0.2, 0.25) is 0 Å². The highest BCUT2D eigenvalue weighted by atomic mass is 35.5. The molecule has 27 heavy (non-hydrogen) atoms. The van der Waals surface area contributed by atoms with E-state index in [1.807, 2.05) is 36.4 Å². The number of carbonyl (C=O) groups excluding carboxylic acids is 1. The Bertz CT molecular complexity index is 910. The standard InChI is InChI=1S/C20H20ClN5O/c21-15-8-6-14(7-9-15)18-12-19(25-24-18)26-11-3-4-16(13-26)23-20(27)17-5-1-2-10-22-17/h1-2,5-10,12,16H,3-4,11,13H2,(H,23,27)(H,24,25)/t16-/m1/s1. The Morgan fingerprint density at radius 1 is 1.22 bits per heavy atom. The number of pyridine rings is 1. The van der Waals surface area contributed by atoms with E-state index in [1.165, 1.54) is 0 Å². The number of benzene rings is 1. The lowest BCUT2D eigenvalue weighted by molar-refractivity contribution is 0.0928. The summed E-state index contributed by atoms with van der Waals surface area (Å²) in [6, 6.07) is 15.1. The van der Waals surface area contributed by atoms with E-state index in [4.69, 9.17) is 11.6 Å². The maximum atomic E-state index is 12.3. The molecule has 1 aromatic carbocycles. The van der Waals surface area contributed by atoms with Gasteiger partial charge in [-0.15, -0.1) is 0 Å². The van der Waals surface area contributed by atoms with Gasteiger partial charge in [-0.25, -0.2) is 0 Å². The molecule has 1 fully saturated rings. The first-order chi connectivity index (χ1) is 13.2. The lowest BCUT2D eigenvalue weighted by Crippen LogP contribution is -2.48. The van der Waals surface area contributed by atoms with Crippen LogP contribution < -0.4 is 10.2 Å². The summed E-state index contributed by atoms with van der Waals surface area (Å²) in [5.41, 5.74) is 2.43. The van der Waals surface area contributed by atoms with Crippen molar-refractivity contribution in [2.45, 2.75) is 18.9 Å². The van der Waals surface area contributed by atoms with Crippen LogP contribution in [0.25, 0.3) is 11.3 Å². The summed E-state index contributed by atoms with van der Waals surface area (Å²) in [5, 5.41) is 11.3. The number of rotatable bonds is 4. The third-order valence-electron chi connectivity index (χ3n) is 4.70. The number of hydrogen-bond acceptors (Lipinski definition) is 4. The molecule has 2 aromatic heterocycles. The molecule has 1 atom stereocenters. The van der Waals surface area contributed by atoms with Crippen LogP contribution in [0.15, 0.2) is 54.7 Å². The van der Waals surface area contributed by atoms with Crippen molar-refractivity contribution in [3.63, 3.8) is 0 Å². The average Bonchev–Trinajstić information content (AvgIpc) is 3.20. The third kappa shape index (κ3) is 4.11. The molecule has 6 nitrogen and oxygen atoms in total. The van der Waals surface area contributed by atoms with Gasteiger partial charge < -0.3 is 10.2 Å². The van der Waals surface area contributed by atoms with Crippen molar-refractivity contribution in [1.82, 2.24) is 20.5 Å². The zero-order valence-corrected chi connectivity index (χ0v) is 15.5. The normalized spacial score (nSPS) is 16.9. The molecule has 1 aliphatic heterocycles. The Balaban J connectivity index is 1.42. The molecule has 4 rings (SSSR count). The quantitative estimate of drug-likeness (QED) is 0.725. The smallest absolute Gasteiger partial charge is 0.270 e. The number of nitrogens with one attached hydrogen (secondary N) is 2. The van der Waals surface area contributed by atoms with Gasteiger partial charge in [0.05, 0.1) is 5.69 Å². The highest BCUT2D eigenvalue weighted by Crippen LogP contribution is 2.25. The Hall–Kier alpha value is -2.86. The molecule has 0 aliphatic carbocycles. The van der Waals surface area contributed by atoms with E-state index < -0.39 is 0 Å². The molecule has 0 spiro atoms. The number of nitrogens with zero attached hydrogens (tertiary/aromatic N) is 3. The van der Waals surface area contributed by atoms with E-state index in [0.29, 0.717) is 10.7 Å². The van der Waals surface area contributed by atoms with Crippen LogP contribution in [0.1, 0.15) is 23.3 Å². The Morgan fingerprint density at radius 2 is 2.07 bits per heavy atom. The van der Waals surface area contributed by atoms with Crippen LogP contribution in [0.2, 0.25) is 5.02 Å². The van der Waals surface area contributed by atoms with Gasteiger partial charge >= 0.3 is 0 Å². The summed E-state index contributed by atoms with van der Waals surface area (Å²) in [7, 11) is 0. The average molecular weight is 382 g/mol. The minimum Gasteiger partial charge on any atom is -0.353 e. The number of aromatic nitrogens is 3. The maximum Gasteiger partial charge on any atom is 0.270 e. The first-order valence-electron chi connectivity index (χ1n) is 8.97. The van der Waals surface area contributed by atoms with Crippen LogP contribution in [0.5, 0.6) is 0 Å². The summed E-state index contributed by atoms with van der Waals surface area (Å²) < 4.78 is 0. The van der Waals surface area contributed by atoms with Gasteiger partial charge in [-0.05, 0) is 42.7 Å². The Labute approximate surface area is 162 Å². The van der Waals surface area contributed by atoms with E-state index in [2.05, 4.69) is 25.4 Å². The number of piperidine rings is 1. The topological polar surface area (TPSA) is 73.9 Å². The SMILES string of the molecule is O=C(N[C@@H]1CCCN(c2cc(-c3ccc(Cl)cc3)[nH]n2)C1)c1ccccn1. The molecular formula is C20H20ClN5O. The van der Waals surface area contributed by atoms with Crippen LogP contribution >= 0.6 is 11.6 Å². The monoisotopic (exact) mass is 381 g/mol. The van der Waals surface area contributed by atoms with E-state index >= 15 is 0 Å². The molecule has 1 saturated heterocycles. The minimum atomic E-state index is -0.133. The van der Waals surface area contributed by atoms with Gasteiger partial charge in [0, 0.05) is 36.4 Å². The number of amides is 1. The van der Waals surface area contributed by atoms with Crippen molar-refractivity contribution in [2.24, 2.45) is 0 Å². The van der Waals surface area contributed by atoms with Crippen molar-refractivity contribution in [3.05, 3.63) is 65.4 Å². The highest BCUT2D eigenvalue weighted by molar-refractivity contribution is 6.30. The molecule has 1 aliphatic rings. The predicted octanol–water partition coefficient (Wildman–Crippen LogP) is 3.52. The molecule has 0 bridgehead atoms. The van der Waals surface area contributed by atoms with Gasteiger partial charge in [0.15, 0.2) is 5.82 Å². The second-order valence-corrected chi connectivity index (χ2v) is 7.06. The fraction of sp³-hybridized carbons (Fsp3) is 0.250. The van der Waals surface area contributed by atoms with Crippen LogP contribution in [0, 0.1) is 0 Å². The number of halogens is 1. The lowest BCUT2D eigenvalue weighted by atomic mass is 10.1. The Morgan fingerprint density at radius 3 is 2.85 bits per heavy atom. The molecule has 0 radical (unpaired) electrons. The zero-order chi connectivity index (χ0) is 18.6. The van der Waals surface area contributed by atoms with E-state index in [1.54, 1.807) is 18.3 Å². The number of anilines is 1. The summed E-state index contributed by atoms with van der Waals surface area (Å²) in [4.78, 5) is 18.7. The minimum absolute atomic E-state index is 0.0731. The molecule has 7 heteroatoms. The van der Waals surface area contributed by atoms with Gasteiger partial charge in [-0.1, -0.05) is 29.8 Å². The molecule has 0 saturated carbocycles. The zero-order valence-electron chi connectivity index (χ0n) is 14.7. The van der Waals surface area contributed by atoms with Crippen molar-refractivity contribution in [2.75, 3.05) is 18.0 Å². The molecule has 3 aromatic rings. The highest BCUT2D eigenvalue weighted by Gasteiger charge is 2.24. The molecule has 138 valence electrons. The third-order valence-corrected chi connectivity index (χ3v) is 4.95. The van der Waals surface area contributed by atoms with E-state index in [-0.39, 0.29) is 11.9 Å². The lowest BCUT2D eigenvalue weighted by Gasteiger charge is -2.33. The van der Waals surface area contributed by atoms with Crippen LogP contribution in [0.4, 0.5) is 5.82 Å². The molecule has 0 unspecified atom stereocenters. The van der Waals surface area contributed by atoms with Gasteiger partial charge in [-0.3, -0.25) is 14.9 Å². The van der Waals surface area contributed by atoms with Gasteiger partial charge in [-0.2, -0.15) is 5.10 Å². The van der Waals surface area contributed by atoms with Crippen molar-refractivity contribution < 1.29 is 4.79 Å². The van der Waals surface area contributed by atoms with Gasteiger partial charge in [0.25, 0.3) is 5.91 Å². The van der Waals surface area contributed by atoms with Crippen LogP contribution in [-0.4, -0.2) is 40.2 Å². The summed E-state index contributed by atoms with van der Waals surface area (Å²) >= 11 is 5.95. The van der Waals surface area contributed by atoms with E-state index in [0.717, 1.165) is 43.0 Å². The molecule has 2 N–H and O–H groups in total. The van der Waals surface area contributed by atoms with Crippen molar-refractivity contribution in [1.29, 1.82) is 0 Å². The Kier molecular flexibility index (Phi) is 5.07. The predicted molar refractivity (Wildman–Crippen MR) is 106 cm³/mol. The first kappa shape index (κ1) is 17.5. The molecule has 3 heterocycles. The molecular weight excluding hydrogens is 362 g/mol. The fourth-order valence-corrected chi connectivity index (χ4v) is 3.44. The van der Waals surface area contributed by atoms with E-state index in [9.17, 15) is 4.79 Å². The first-order valence-corrected chi connectivity index (χ1v) is 9.35. The van der Waals surface area contributed by atoms with Crippen LogP contribution in [0.3, 0.4) is 0 Å². The van der Waals surface area contributed by atoms with Gasteiger partial charge in [0.1, 0.15) is 5.69 Å². The number of carbonyl (C=O) groups is 1. The maximum absolute atomic E-state index is 12.3. The van der Waals surface area contributed by atoms with Crippen molar-refractivity contribution in [3.8, 4) is 11.3 Å². The summed E-state index contributed by atoms with van der Waals surface area (Å²) in [5.74, 6) is 0.753. The largest absolute Gasteiger partial charge is 0.353 e.